The third-order valence-corrected chi connectivity index (χ3v) is 4.12. The van der Waals surface area contributed by atoms with Crippen LogP contribution in [0.2, 0.25) is 0 Å². The normalized spacial score (nSPS) is 14.2. The number of amides is 3. The summed E-state index contributed by atoms with van der Waals surface area (Å²) in [5.41, 5.74) is 1.17. The zero-order valence-electron chi connectivity index (χ0n) is 14.7. The molecular formula is C18H22N4O3. The molecule has 7 nitrogen and oxygen atoms in total. The van der Waals surface area contributed by atoms with Crippen molar-refractivity contribution in [1.29, 1.82) is 5.26 Å². The second-order valence-electron chi connectivity index (χ2n) is 6.30. The molecule has 1 aliphatic rings. The van der Waals surface area contributed by atoms with Crippen molar-refractivity contribution in [2.45, 2.75) is 32.7 Å². The van der Waals surface area contributed by atoms with Crippen molar-refractivity contribution in [3.63, 3.8) is 0 Å². The minimum atomic E-state index is -0.718. The number of nitrogens with zero attached hydrogens (tertiary/aromatic N) is 3. The first-order valence-electron chi connectivity index (χ1n) is 8.19. The maximum absolute atomic E-state index is 12.4. The summed E-state index contributed by atoms with van der Waals surface area (Å²) in [7, 11) is 1.66. The van der Waals surface area contributed by atoms with Crippen molar-refractivity contribution >= 4 is 29.1 Å². The van der Waals surface area contributed by atoms with Crippen molar-refractivity contribution in [2.75, 3.05) is 23.8 Å². The largest absolute Gasteiger partial charge is 0.330 e. The molecule has 1 aromatic rings. The molecule has 1 N–H and O–H groups in total. The molecule has 0 aliphatic heterocycles. The molecule has 1 atom stereocenters. The van der Waals surface area contributed by atoms with E-state index in [2.05, 4.69) is 11.4 Å². The monoisotopic (exact) mass is 342 g/mol. The number of benzene rings is 1. The Labute approximate surface area is 147 Å². The van der Waals surface area contributed by atoms with Crippen molar-refractivity contribution in [3.8, 4) is 6.07 Å². The van der Waals surface area contributed by atoms with Gasteiger partial charge in [0, 0.05) is 37.9 Å². The number of hydrogen-bond acceptors (Lipinski definition) is 4. The highest BCUT2D eigenvalue weighted by Gasteiger charge is 2.36. The van der Waals surface area contributed by atoms with E-state index < -0.39 is 11.8 Å². The van der Waals surface area contributed by atoms with Gasteiger partial charge in [-0.1, -0.05) is 0 Å². The molecule has 7 heteroatoms. The SMILES string of the molecule is CC(=O)N(C)c1ccc(NC(=O)C(=O)N(CC(C)C#N)C2CC2)cc1. The summed E-state index contributed by atoms with van der Waals surface area (Å²) in [5, 5.41) is 11.5. The molecule has 0 radical (unpaired) electrons. The fourth-order valence-corrected chi connectivity index (χ4v) is 2.39. The minimum absolute atomic E-state index is 0.0562. The van der Waals surface area contributed by atoms with Crippen molar-refractivity contribution in [2.24, 2.45) is 5.92 Å². The van der Waals surface area contributed by atoms with Gasteiger partial charge in [-0.3, -0.25) is 14.4 Å². The van der Waals surface area contributed by atoms with E-state index in [1.54, 1.807) is 38.2 Å². The van der Waals surface area contributed by atoms with Crippen LogP contribution in [0.4, 0.5) is 11.4 Å². The molecule has 1 aliphatic carbocycles. The Kier molecular flexibility index (Phi) is 5.75. The first-order valence-corrected chi connectivity index (χ1v) is 8.19. The number of rotatable bonds is 5. The lowest BCUT2D eigenvalue weighted by molar-refractivity contribution is -0.143. The van der Waals surface area contributed by atoms with Gasteiger partial charge in [-0.05, 0) is 44.0 Å². The third-order valence-electron chi connectivity index (χ3n) is 4.12. The van der Waals surface area contributed by atoms with Crippen LogP contribution in [-0.4, -0.2) is 42.3 Å². The standard InChI is InChI=1S/C18H22N4O3/c1-12(10-19)11-22(16-8-9-16)18(25)17(24)20-14-4-6-15(7-5-14)21(3)13(2)23/h4-7,12,16H,8-9,11H2,1-3H3,(H,20,24). The van der Waals surface area contributed by atoms with Gasteiger partial charge < -0.3 is 15.1 Å². The maximum Gasteiger partial charge on any atom is 0.313 e. The Morgan fingerprint density at radius 1 is 1.28 bits per heavy atom. The average molecular weight is 342 g/mol. The predicted molar refractivity (Wildman–Crippen MR) is 93.7 cm³/mol. The molecule has 25 heavy (non-hydrogen) atoms. The van der Waals surface area contributed by atoms with E-state index in [9.17, 15) is 14.4 Å². The molecule has 0 bridgehead atoms. The Morgan fingerprint density at radius 2 is 1.88 bits per heavy atom. The highest BCUT2D eigenvalue weighted by atomic mass is 16.2. The lowest BCUT2D eigenvalue weighted by Gasteiger charge is -2.22. The van der Waals surface area contributed by atoms with Gasteiger partial charge in [-0.15, -0.1) is 0 Å². The molecule has 1 fully saturated rings. The molecule has 1 unspecified atom stereocenters. The van der Waals surface area contributed by atoms with Crippen molar-refractivity contribution in [1.82, 2.24) is 4.90 Å². The van der Waals surface area contributed by atoms with Gasteiger partial charge in [0.05, 0.1) is 12.0 Å². The van der Waals surface area contributed by atoms with E-state index in [-0.39, 0.29) is 24.4 Å². The molecule has 1 saturated carbocycles. The summed E-state index contributed by atoms with van der Waals surface area (Å²) in [6, 6.07) is 8.81. The zero-order valence-corrected chi connectivity index (χ0v) is 14.7. The van der Waals surface area contributed by atoms with Gasteiger partial charge in [-0.25, -0.2) is 0 Å². The third kappa shape index (κ3) is 4.80. The average Bonchev–Trinajstić information content (AvgIpc) is 3.43. The number of carbonyl (C=O) groups is 3. The lowest BCUT2D eigenvalue weighted by Crippen LogP contribution is -2.43. The second kappa shape index (κ2) is 7.79. The van der Waals surface area contributed by atoms with Gasteiger partial charge in [0.2, 0.25) is 5.91 Å². The fourth-order valence-electron chi connectivity index (χ4n) is 2.39. The summed E-state index contributed by atoms with van der Waals surface area (Å²) in [6.45, 7) is 3.45. The number of nitrogens with one attached hydrogen (secondary N) is 1. The zero-order chi connectivity index (χ0) is 18.6. The van der Waals surface area contributed by atoms with Crippen LogP contribution < -0.4 is 10.2 Å². The van der Waals surface area contributed by atoms with Gasteiger partial charge in [-0.2, -0.15) is 5.26 Å². The Bertz CT molecular complexity index is 704. The van der Waals surface area contributed by atoms with Crippen molar-refractivity contribution in [3.05, 3.63) is 24.3 Å². The first-order chi connectivity index (χ1) is 11.8. The van der Waals surface area contributed by atoms with Gasteiger partial charge in [0.25, 0.3) is 0 Å². The summed E-state index contributed by atoms with van der Waals surface area (Å²) in [5.74, 6) is -1.75. The summed E-state index contributed by atoms with van der Waals surface area (Å²) >= 11 is 0. The van der Waals surface area contributed by atoms with Gasteiger partial charge in [0.1, 0.15) is 0 Å². The molecule has 0 aromatic heterocycles. The quantitative estimate of drug-likeness (QED) is 0.825. The summed E-state index contributed by atoms with van der Waals surface area (Å²) in [4.78, 5) is 38.9. The molecule has 0 spiro atoms. The molecule has 0 saturated heterocycles. The number of nitriles is 1. The molecule has 2 rings (SSSR count). The molecule has 3 amide bonds. The smallest absolute Gasteiger partial charge is 0.313 e. The van der Waals surface area contributed by atoms with Crippen LogP contribution in [-0.2, 0) is 14.4 Å². The number of carbonyl (C=O) groups excluding carboxylic acids is 3. The topological polar surface area (TPSA) is 93.5 Å². The van der Waals surface area contributed by atoms with E-state index in [0.717, 1.165) is 12.8 Å². The Hall–Kier alpha value is -2.88. The number of hydrogen-bond donors (Lipinski definition) is 1. The van der Waals surface area contributed by atoms with E-state index in [0.29, 0.717) is 11.4 Å². The van der Waals surface area contributed by atoms with Crippen LogP contribution in [0.25, 0.3) is 0 Å². The summed E-state index contributed by atoms with van der Waals surface area (Å²) < 4.78 is 0. The van der Waals surface area contributed by atoms with Crippen LogP contribution in [0.15, 0.2) is 24.3 Å². The van der Waals surface area contributed by atoms with Crippen LogP contribution in [0, 0.1) is 17.2 Å². The van der Waals surface area contributed by atoms with E-state index in [4.69, 9.17) is 5.26 Å². The predicted octanol–water partition coefficient (Wildman–Crippen LogP) is 1.76. The van der Waals surface area contributed by atoms with Crippen LogP contribution in [0.1, 0.15) is 26.7 Å². The maximum atomic E-state index is 12.4. The highest BCUT2D eigenvalue weighted by Crippen LogP contribution is 2.28. The minimum Gasteiger partial charge on any atom is -0.330 e. The molecule has 1 aromatic carbocycles. The van der Waals surface area contributed by atoms with E-state index in [1.165, 1.54) is 16.7 Å². The lowest BCUT2D eigenvalue weighted by atomic mass is 10.2. The van der Waals surface area contributed by atoms with Crippen LogP contribution >= 0.6 is 0 Å². The van der Waals surface area contributed by atoms with Crippen LogP contribution in [0.3, 0.4) is 0 Å². The molecule has 132 valence electrons. The van der Waals surface area contributed by atoms with Gasteiger partial charge in [0.15, 0.2) is 0 Å². The second-order valence-corrected chi connectivity index (χ2v) is 6.30. The van der Waals surface area contributed by atoms with E-state index in [1.807, 2.05) is 0 Å². The Morgan fingerprint density at radius 3 is 2.36 bits per heavy atom. The Balaban J connectivity index is 2.01. The van der Waals surface area contributed by atoms with Crippen LogP contribution in [0.5, 0.6) is 0 Å². The van der Waals surface area contributed by atoms with Crippen molar-refractivity contribution < 1.29 is 14.4 Å². The highest BCUT2D eigenvalue weighted by molar-refractivity contribution is 6.39. The van der Waals surface area contributed by atoms with E-state index >= 15 is 0 Å². The summed E-state index contributed by atoms with van der Waals surface area (Å²) in [6.07, 6.45) is 1.73. The molecule has 0 heterocycles. The fraction of sp³-hybridized carbons (Fsp3) is 0.444. The molecular weight excluding hydrogens is 320 g/mol. The van der Waals surface area contributed by atoms with Gasteiger partial charge >= 0.3 is 11.8 Å². The first kappa shape index (κ1) is 18.5. The number of anilines is 2.